The monoisotopic (exact) mass is 360 g/mol. The van der Waals surface area contributed by atoms with Crippen molar-refractivity contribution in [3.8, 4) is 18.0 Å². The van der Waals surface area contributed by atoms with E-state index in [0.29, 0.717) is 17.0 Å². The number of benzene rings is 1. The van der Waals surface area contributed by atoms with E-state index in [4.69, 9.17) is 16.7 Å². The van der Waals surface area contributed by atoms with Gasteiger partial charge in [-0.05, 0) is 36.5 Å². The molecule has 7 N–H and O–H groups in total. The van der Waals surface area contributed by atoms with E-state index in [2.05, 4.69) is 20.6 Å². The second kappa shape index (κ2) is 6.07. The van der Waals surface area contributed by atoms with Crippen LogP contribution in [0.1, 0.15) is 47.1 Å². The molecule has 134 valence electrons. The molecule has 0 bridgehead atoms. The summed E-state index contributed by atoms with van der Waals surface area (Å²) >= 11 is 0. The number of nitrogens with two attached hydrogens (primary N) is 2. The summed E-state index contributed by atoms with van der Waals surface area (Å²) in [6, 6.07) is 6.63. The smallest absolute Gasteiger partial charge is 0.211 e. The van der Waals surface area contributed by atoms with Crippen LogP contribution in [0.5, 0.6) is 5.75 Å². The Balaban J connectivity index is 1.94. The molecule has 1 atom stereocenters. The van der Waals surface area contributed by atoms with Crippen molar-refractivity contribution in [3.05, 3.63) is 40.5 Å². The van der Waals surface area contributed by atoms with Gasteiger partial charge < -0.3 is 21.9 Å². The molecule has 1 aromatic carbocycles. The van der Waals surface area contributed by atoms with Gasteiger partial charge in [-0.1, -0.05) is 6.07 Å². The molecule has 27 heavy (non-hydrogen) atoms. The van der Waals surface area contributed by atoms with E-state index >= 15 is 0 Å². The number of fused-ring (bicyclic) bond motifs is 1. The number of guanidine groups is 1. The summed E-state index contributed by atoms with van der Waals surface area (Å²) in [4.78, 5) is 8.68. The molecule has 0 amide bonds. The zero-order valence-electron chi connectivity index (χ0n) is 14.2. The number of phenolic OH excluding ortho intramolecular Hbond substituents is 1. The number of nitrogens with zero attached hydrogens (tertiary/aromatic N) is 4. The first kappa shape index (κ1) is 16.5. The van der Waals surface area contributed by atoms with Crippen molar-refractivity contribution in [1.29, 1.82) is 10.5 Å². The van der Waals surface area contributed by atoms with E-state index in [9.17, 15) is 10.4 Å². The topological polar surface area (TPSA) is 169 Å². The Labute approximate surface area is 155 Å². The lowest BCUT2D eigenvalue weighted by atomic mass is 9.92. The molecule has 1 fully saturated rings. The molecule has 1 aromatic heterocycles. The number of nitrogens with one attached hydrogen (secondary N) is 2. The summed E-state index contributed by atoms with van der Waals surface area (Å²) in [6.45, 7) is 0. The van der Waals surface area contributed by atoms with Crippen molar-refractivity contribution in [2.75, 3.05) is 16.8 Å². The van der Waals surface area contributed by atoms with Crippen LogP contribution in [0.2, 0.25) is 0 Å². The molecule has 0 saturated heterocycles. The standard InChI is InChI=1S/C18H16N8O/c19-6-11-14(21)13-15(10-5-9(8-1-2-8)3-4-12(10)27)24-18(23-7-20)26-17(13)25-16(11)22/h3-5,8,15,27H,1-2H2,(H6,21,22,23,24,25,26). The van der Waals surface area contributed by atoms with Crippen molar-refractivity contribution in [1.82, 2.24) is 10.3 Å². The summed E-state index contributed by atoms with van der Waals surface area (Å²) < 4.78 is 0. The molecule has 1 aliphatic carbocycles. The Hall–Kier alpha value is -3.98. The first-order valence-electron chi connectivity index (χ1n) is 8.35. The Morgan fingerprint density at radius 1 is 1.26 bits per heavy atom. The van der Waals surface area contributed by atoms with Gasteiger partial charge in [-0.15, -0.1) is 0 Å². The number of rotatable bonds is 2. The second-order valence-corrected chi connectivity index (χ2v) is 6.49. The first-order valence-corrected chi connectivity index (χ1v) is 8.35. The summed E-state index contributed by atoms with van der Waals surface area (Å²) in [7, 11) is 0. The van der Waals surface area contributed by atoms with Crippen molar-refractivity contribution in [2.45, 2.75) is 24.8 Å². The fourth-order valence-electron chi connectivity index (χ4n) is 3.27. The van der Waals surface area contributed by atoms with Crippen LogP contribution < -0.4 is 22.1 Å². The van der Waals surface area contributed by atoms with Gasteiger partial charge in [0.15, 0.2) is 6.19 Å². The Kier molecular flexibility index (Phi) is 3.71. The van der Waals surface area contributed by atoms with E-state index in [0.717, 1.165) is 18.4 Å². The van der Waals surface area contributed by atoms with Gasteiger partial charge in [-0.2, -0.15) is 10.5 Å². The molecule has 2 aromatic rings. The van der Waals surface area contributed by atoms with Gasteiger partial charge in [0.1, 0.15) is 35.1 Å². The molecule has 1 aliphatic heterocycles. The van der Waals surface area contributed by atoms with Gasteiger partial charge in [0.25, 0.3) is 0 Å². The van der Waals surface area contributed by atoms with Gasteiger partial charge >= 0.3 is 0 Å². The van der Waals surface area contributed by atoms with E-state index in [1.54, 1.807) is 12.3 Å². The van der Waals surface area contributed by atoms with Gasteiger partial charge in [-0.3, -0.25) is 5.32 Å². The average Bonchev–Trinajstić information content (AvgIpc) is 3.47. The van der Waals surface area contributed by atoms with Crippen LogP contribution in [0.15, 0.2) is 23.2 Å². The van der Waals surface area contributed by atoms with Crippen molar-refractivity contribution in [2.24, 2.45) is 4.99 Å². The van der Waals surface area contributed by atoms with Crippen LogP contribution in [-0.2, 0) is 0 Å². The number of aromatic hydroxyl groups is 1. The summed E-state index contributed by atoms with van der Waals surface area (Å²) in [6.07, 6.45) is 4.01. The van der Waals surface area contributed by atoms with Crippen molar-refractivity contribution in [3.63, 3.8) is 0 Å². The number of hydrogen-bond donors (Lipinski definition) is 5. The van der Waals surface area contributed by atoms with Crippen LogP contribution >= 0.6 is 0 Å². The minimum Gasteiger partial charge on any atom is -0.508 e. The minimum absolute atomic E-state index is 0.0193. The van der Waals surface area contributed by atoms with E-state index in [1.807, 2.05) is 18.2 Å². The number of nitriles is 2. The van der Waals surface area contributed by atoms with E-state index in [-0.39, 0.29) is 34.6 Å². The highest BCUT2D eigenvalue weighted by atomic mass is 16.3. The lowest BCUT2D eigenvalue weighted by molar-refractivity contribution is 0.465. The van der Waals surface area contributed by atoms with Crippen LogP contribution in [-0.4, -0.2) is 16.1 Å². The zero-order chi connectivity index (χ0) is 19.1. The maximum Gasteiger partial charge on any atom is 0.211 e. The lowest BCUT2D eigenvalue weighted by Gasteiger charge is -2.26. The summed E-state index contributed by atoms with van der Waals surface area (Å²) in [5, 5.41) is 34.1. The van der Waals surface area contributed by atoms with E-state index in [1.165, 1.54) is 0 Å². The first-order chi connectivity index (χ1) is 13.0. The normalized spacial score (nSPS) is 17.7. The predicted molar refractivity (Wildman–Crippen MR) is 99.5 cm³/mol. The van der Waals surface area contributed by atoms with Gasteiger partial charge in [0, 0.05) is 11.1 Å². The number of hydrogen-bond acceptors (Lipinski definition) is 9. The summed E-state index contributed by atoms with van der Waals surface area (Å²) in [5.74, 6) is 0.948. The number of pyridine rings is 1. The van der Waals surface area contributed by atoms with Crippen LogP contribution in [0.3, 0.4) is 0 Å². The molecule has 9 heteroatoms. The summed E-state index contributed by atoms with van der Waals surface area (Å²) in [5.41, 5.74) is 14.3. The highest BCUT2D eigenvalue weighted by Crippen LogP contribution is 2.46. The van der Waals surface area contributed by atoms with Gasteiger partial charge in [0.05, 0.1) is 5.69 Å². The molecule has 2 aliphatic rings. The number of nitrogen functional groups attached to an aromatic ring is 2. The fourth-order valence-corrected chi connectivity index (χ4v) is 3.27. The number of aromatic nitrogens is 1. The van der Waals surface area contributed by atoms with Crippen LogP contribution in [0, 0.1) is 22.8 Å². The lowest BCUT2D eigenvalue weighted by Crippen LogP contribution is -2.32. The maximum absolute atomic E-state index is 10.5. The highest BCUT2D eigenvalue weighted by Gasteiger charge is 2.32. The molecular weight excluding hydrogens is 344 g/mol. The van der Waals surface area contributed by atoms with Gasteiger partial charge in [0.2, 0.25) is 5.96 Å². The Morgan fingerprint density at radius 3 is 2.70 bits per heavy atom. The molecule has 1 saturated carbocycles. The third kappa shape index (κ3) is 2.71. The molecular formula is C18H16N8O. The van der Waals surface area contributed by atoms with Crippen LogP contribution in [0.25, 0.3) is 0 Å². The minimum atomic E-state index is -0.740. The molecule has 1 unspecified atom stereocenters. The van der Waals surface area contributed by atoms with Gasteiger partial charge in [-0.25, -0.2) is 9.98 Å². The Bertz CT molecular complexity index is 1060. The fraction of sp³-hybridized carbons (Fsp3) is 0.222. The quantitative estimate of drug-likeness (QED) is 0.397. The molecule has 0 spiro atoms. The van der Waals surface area contributed by atoms with Crippen LogP contribution in [0.4, 0.5) is 17.3 Å². The molecule has 9 nitrogen and oxygen atoms in total. The Morgan fingerprint density at radius 2 is 2.04 bits per heavy atom. The number of aliphatic imine (C=N–C) groups is 1. The van der Waals surface area contributed by atoms with Crippen molar-refractivity contribution >= 4 is 23.3 Å². The molecule has 2 heterocycles. The zero-order valence-corrected chi connectivity index (χ0v) is 14.2. The SMILES string of the molecule is N#CNC1=NC(c2cc(C3CC3)ccc2O)c2c(nc(N)c(C#N)c2N)N1. The predicted octanol–water partition coefficient (Wildman–Crippen LogP) is 1.64. The average molecular weight is 360 g/mol. The number of phenols is 1. The second-order valence-electron chi connectivity index (χ2n) is 6.49. The molecule has 0 radical (unpaired) electrons. The number of anilines is 3. The highest BCUT2D eigenvalue weighted by molar-refractivity contribution is 5.98. The molecule has 4 rings (SSSR count). The third-order valence-corrected chi connectivity index (χ3v) is 4.75. The van der Waals surface area contributed by atoms with Crippen molar-refractivity contribution < 1.29 is 5.11 Å². The van der Waals surface area contributed by atoms with E-state index < -0.39 is 6.04 Å². The third-order valence-electron chi connectivity index (χ3n) is 4.75. The largest absolute Gasteiger partial charge is 0.508 e. The maximum atomic E-state index is 10.5.